The molecule has 23 heavy (non-hydrogen) atoms. The minimum absolute atomic E-state index is 0.242. The first-order chi connectivity index (χ1) is 10.9. The molecule has 0 radical (unpaired) electrons. The normalized spacial score (nSPS) is 57.8. The highest BCUT2D eigenvalue weighted by Crippen LogP contribution is 2.79. The molecule has 4 aliphatic rings. The van der Waals surface area contributed by atoms with Crippen LogP contribution in [0.15, 0.2) is 12.7 Å². The Bertz CT molecular complexity index is 505. The zero-order chi connectivity index (χ0) is 16.5. The lowest BCUT2D eigenvalue weighted by Crippen LogP contribution is -2.59. The number of hydrogen-bond acceptors (Lipinski definition) is 3. The van der Waals surface area contributed by atoms with Crippen LogP contribution < -0.4 is 0 Å². The summed E-state index contributed by atoms with van der Waals surface area (Å²) in [4.78, 5) is 0. The van der Waals surface area contributed by atoms with Crippen molar-refractivity contribution in [2.45, 2.75) is 77.5 Å². The highest BCUT2D eigenvalue weighted by Gasteiger charge is 2.83. The Morgan fingerprint density at radius 1 is 1.13 bits per heavy atom. The van der Waals surface area contributed by atoms with Gasteiger partial charge in [0.1, 0.15) is 0 Å². The van der Waals surface area contributed by atoms with E-state index < -0.39 is 11.6 Å². The molecule has 8 atom stereocenters. The summed E-state index contributed by atoms with van der Waals surface area (Å²) >= 11 is 0. The molecule has 4 rings (SSSR count). The molecule has 0 aromatic rings. The van der Waals surface area contributed by atoms with Gasteiger partial charge in [0.15, 0.2) is 11.6 Å². The van der Waals surface area contributed by atoms with E-state index >= 15 is 0 Å². The van der Waals surface area contributed by atoms with E-state index in [4.69, 9.17) is 14.2 Å². The summed E-state index contributed by atoms with van der Waals surface area (Å²) in [6.45, 7) is 13.4. The zero-order valence-corrected chi connectivity index (χ0v) is 15.1. The average molecular weight is 320 g/mol. The van der Waals surface area contributed by atoms with Gasteiger partial charge in [0, 0.05) is 17.8 Å². The smallest absolute Gasteiger partial charge is 0.179 e. The summed E-state index contributed by atoms with van der Waals surface area (Å²) in [7, 11) is 0. The van der Waals surface area contributed by atoms with Gasteiger partial charge in [-0.2, -0.15) is 0 Å². The minimum Gasteiger partial charge on any atom is -0.346 e. The molecule has 0 bridgehead atoms. The largest absolute Gasteiger partial charge is 0.346 e. The van der Waals surface area contributed by atoms with Gasteiger partial charge in [0.05, 0.1) is 12.7 Å². The van der Waals surface area contributed by atoms with Gasteiger partial charge < -0.3 is 14.2 Å². The average Bonchev–Trinajstić information content (AvgIpc) is 3.13. The van der Waals surface area contributed by atoms with Crippen LogP contribution in [-0.2, 0) is 14.2 Å². The predicted octanol–water partition coefficient (Wildman–Crippen LogP) is 4.52. The van der Waals surface area contributed by atoms with Crippen LogP contribution in [0, 0.1) is 29.1 Å². The van der Waals surface area contributed by atoms with Crippen LogP contribution in [0.5, 0.6) is 0 Å². The second-order valence-electron chi connectivity index (χ2n) is 8.75. The van der Waals surface area contributed by atoms with E-state index in [1.54, 1.807) is 0 Å². The molecule has 3 heteroatoms. The SMILES string of the molecule is C=CCOC1(C)OC23CC24C(CCC(C)O3)C(C)CCC4C1C. The van der Waals surface area contributed by atoms with Crippen LogP contribution in [0.2, 0.25) is 0 Å². The molecule has 2 aliphatic carbocycles. The number of rotatable bonds is 3. The first kappa shape index (κ1) is 16.1. The van der Waals surface area contributed by atoms with Crippen molar-refractivity contribution in [2.24, 2.45) is 29.1 Å². The Labute approximate surface area is 140 Å². The van der Waals surface area contributed by atoms with E-state index in [0.29, 0.717) is 18.4 Å². The molecule has 0 amide bonds. The topological polar surface area (TPSA) is 27.7 Å². The summed E-state index contributed by atoms with van der Waals surface area (Å²) in [5.74, 6) is 1.63. The molecule has 3 nitrogen and oxygen atoms in total. The molecule has 0 aromatic carbocycles. The Morgan fingerprint density at radius 3 is 2.61 bits per heavy atom. The van der Waals surface area contributed by atoms with Crippen LogP contribution in [-0.4, -0.2) is 24.3 Å². The zero-order valence-electron chi connectivity index (χ0n) is 15.1. The Hall–Kier alpha value is -0.380. The molecule has 2 heterocycles. The highest BCUT2D eigenvalue weighted by molar-refractivity contribution is 5.25. The van der Waals surface area contributed by atoms with Gasteiger partial charge in [-0.3, -0.25) is 0 Å². The van der Waals surface area contributed by atoms with Crippen molar-refractivity contribution in [3.05, 3.63) is 12.7 Å². The molecule has 0 aromatic heterocycles. The molecule has 8 unspecified atom stereocenters. The van der Waals surface area contributed by atoms with Crippen molar-refractivity contribution < 1.29 is 14.2 Å². The summed E-state index contributed by atoms with van der Waals surface area (Å²) in [6.07, 6.45) is 8.24. The standard InChI is InChI=1S/C20H32O3/c1-6-11-21-18(5)15(4)17-9-7-13(2)16-10-8-14(3)22-20(23-18)12-19(16,17)20/h6,13-17H,1,7-12H2,2-5H3. The summed E-state index contributed by atoms with van der Waals surface area (Å²) < 4.78 is 19.4. The van der Waals surface area contributed by atoms with E-state index in [1.807, 2.05) is 6.08 Å². The maximum absolute atomic E-state index is 6.69. The van der Waals surface area contributed by atoms with Gasteiger partial charge in [-0.25, -0.2) is 0 Å². The lowest BCUT2D eigenvalue weighted by molar-refractivity contribution is -0.385. The Kier molecular flexibility index (Phi) is 3.54. The summed E-state index contributed by atoms with van der Waals surface area (Å²) in [5, 5.41) is 0. The third kappa shape index (κ3) is 1.99. The predicted molar refractivity (Wildman–Crippen MR) is 89.7 cm³/mol. The summed E-state index contributed by atoms with van der Waals surface area (Å²) in [5.41, 5.74) is 0.242. The first-order valence-corrected chi connectivity index (χ1v) is 9.51. The Morgan fingerprint density at radius 2 is 1.87 bits per heavy atom. The molecule has 0 N–H and O–H groups in total. The van der Waals surface area contributed by atoms with Gasteiger partial charge in [-0.15, -0.1) is 6.58 Å². The van der Waals surface area contributed by atoms with Crippen molar-refractivity contribution in [3.8, 4) is 0 Å². The monoisotopic (exact) mass is 320 g/mol. The van der Waals surface area contributed by atoms with Crippen LogP contribution in [0.1, 0.15) is 59.8 Å². The van der Waals surface area contributed by atoms with Crippen molar-refractivity contribution >= 4 is 0 Å². The van der Waals surface area contributed by atoms with Gasteiger partial charge in [-0.1, -0.05) is 26.3 Å². The fourth-order valence-electron chi connectivity index (χ4n) is 6.37. The quantitative estimate of drug-likeness (QED) is 0.716. The molecule has 2 saturated heterocycles. The third-order valence-electron chi connectivity index (χ3n) is 7.61. The fraction of sp³-hybridized carbons (Fsp3) is 0.900. The van der Waals surface area contributed by atoms with E-state index in [0.717, 1.165) is 24.7 Å². The van der Waals surface area contributed by atoms with Crippen molar-refractivity contribution in [1.82, 2.24) is 0 Å². The third-order valence-corrected chi connectivity index (χ3v) is 7.61. The van der Waals surface area contributed by atoms with Crippen LogP contribution >= 0.6 is 0 Å². The van der Waals surface area contributed by atoms with Gasteiger partial charge in [0.25, 0.3) is 0 Å². The molecular formula is C20H32O3. The molecule has 2 aliphatic heterocycles. The molecule has 1 spiro atoms. The van der Waals surface area contributed by atoms with E-state index in [-0.39, 0.29) is 11.5 Å². The maximum atomic E-state index is 6.69. The van der Waals surface area contributed by atoms with E-state index in [9.17, 15) is 0 Å². The van der Waals surface area contributed by atoms with Crippen molar-refractivity contribution in [2.75, 3.05) is 6.61 Å². The molecule has 2 saturated carbocycles. The second-order valence-corrected chi connectivity index (χ2v) is 8.75. The second kappa shape index (κ2) is 5.06. The highest BCUT2D eigenvalue weighted by atomic mass is 16.8. The van der Waals surface area contributed by atoms with Crippen LogP contribution in [0.4, 0.5) is 0 Å². The molecule has 4 fully saturated rings. The fourth-order valence-corrected chi connectivity index (χ4v) is 6.37. The van der Waals surface area contributed by atoms with E-state index in [1.165, 1.54) is 19.3 Å². The Balaban J connectivity index is 1.73. The maximum Gasteiger partial charge on any atom is 0.179 e. The minimum atomic E-state index is -0.561. The van der Waals surface area contributed by atoms with Crippen LogP contribution in [0.25, 0.3) is 0 Å². The molecular weight excluding hydrogens is 288 g/mol. The van der Waals surface area contributed by atoms with Gasteiger partial charge in [0.2, 0.25) is 0 Å². The molecule has 130 valence electrons. The van der Waals surface area contributed by atoms with Gasteiger partial charge in [-0.05, 0) is 50.9 Å². The van der Waals surface area contributed by atoms with Crippen LogP contribution in [0.3, 0.4) is 0 Å². The first-order valence-electron chi connectivity index (χ1n) is 9.51. The van der Waals surface area contributed by atoms with E-state index in [2.05, 4.69) is 34.3 Å². The van der Waals surface area contributed by atoms with Gasteiger partial charge >= 0.3 is 0 Å². The summed E-state index contributed by atoms with van der Waals surface area (Å²) in [6, 6.07) is 0. The number of hydrogen-bond donors (Lipinski definition) is 0. The van der Waals surface area contributed by atoms with Crippen molar-refractivity contribution in [1.29, 1.82) is 0 Å². The lowest BCUT2D eigenvalue weighted by Gasteiger charge is -2.55. The van der Waals surface area contributed by atoms with Crippen molar-refractivity contribution in [3.63, 3.8) is 0 Å². The number of ether oxygens (including phenoxy) is 3. The lowest BCUT2D eigenvalue weighted by atomic mass is 9.57.